The number of aliphatic hydroxyl groups is 1. The van der Waals surface area contributed by atoms with Gasteiger partial charge < -0.3 is 20.6 Å². The van der Waals surface area contributed by atoms with E-state index in [-0.39, 0.29) is 17.7 Å². The molecule has 3 aromatic rings. The molecule has 2 aromatic heterocycles. The number of rotatable bonds is 8. The topological polar surface area (TPSA) is 141 Å². The van der Waals surface area contributed by atoms with Crippen molar-refractivity contribution in [2.75, 3.05) is 54.8 Å². The standard InChI is InChI=1S/C23H27ClN10O/c1-3-17(35)14-32-5-7-33(8-6-32)19-10-15(11-25)9-18(20(19)24)29-23-30-21(27-4-2)22-28-13-16(12-26)34(22)31-23/h9-10,13,17,35H,3-8,14H2,1-2H3,(H2,27,29,30,31). The molecule has 1 unspecified atom stereocenters. The van der Waals surface area contributed by atoms with E-state index < -0.39 is 0 Å². The van der Waals surface area contributed by atoms with E-state index in [0.29, 0.717) is 40.8 Å². The first-order chi connectivity index (χ1) is 17.0. The van der Waals surface area contributed by atoms with Crippen molar-refractivity contribution < 1.29 is 5.11 Å². The molecule has 1 aliphatic rings. The molecule has 3 N–H and O–H groups in total. The minimum atomic E-state index is -0.329. The summed E-state index contributed by atoms with van der Waals surface area (Å²) in [6.07, 6.45) is 1.84. The Labute approximate surface area is 208 Å². The summed E-state index contributed by atoms with van der Waals surface area (Å²) in [5.74, 6) is 0.689. The van der Waals surface area contributed by atoms with Crippen LogP contribution in [0.1, 0.15) is 31.5 Å². The second-order valence-corrected chi connectivity index (χ2v) is 8.63. The number of nitrogens with zero attached hydrogens (tertiary/aromatic N) is 8. The second-order valence-electron chi connectivity index (χ2n) is 8.25. The molecule has 4 rings (SSSR count). The average Bonchev–Trinajstić information content (AvgIpc) is 3.29. The van der Waals surface area contributed by atoms with Gasteiger partial charge in [-0.1, -0.05) is 18.5 Å². The summed E-state index contributed by atoms with van der Waals surface area (Å²) in [5.41, 5.74) is 2.40. The van der Waals surface area contributed by atoms with E-state index in [2.05, 4.69) is 47.6 Å². The first kappa shape index (κ1) is 24.5. The van der Waals surface area contributed by atoms with Crippen LogP contribution in [0.15, 0.2) is 18.3 Å². The molecule has 35 heavy (non-hydrogen) atoms. The Morgan fingerprint density at radius 2 is 1.94 bits per heavy atom. The monoisotopic (exact) mass is 494 g/mol. The predicted molar refractivity (Wildman–Crippen MR) is 134 cm³/mol. The number of halogens is 1. The third-order valence-electron chi connectivity index (χ3n) is 5.90. The first-order valence-corrected chi connectivity index (χ1v) is 11.9. The van der Waals surface area contributed by atoms with Crippen molar-refractivity contribution >= 4 is 40.4 Å². The Kier molecular flexibility index (Phi) is 7.51. The van der Waals surface area contributed by atoms with Crippen molar-refractivity contribution in [2.45, 2.75) is 26.4 Å². The van der Waals surface area contributed by atoms with E-state index in [9.17, 15) is 15.6 Å². The van der Waals surface area contributed by atoms with Crippen LogP contribution in [0.3, 0.4) is 0 Å². The molecule has 0 aliphatic carbocycles. The summed E-state index contributed by atoms with van der Waals surface area (Å²) < 4.78 is 1.42. The minimum Gasteiger partial charge on any atom is -0.392 e. The molecule has 1 atom stereocenters. The Hall–Kier alpha value is -3.64. The highest BCUT2D eigenvalue weighted by molar-refractivity contribution is 6.36. The lowest BCUT2D eigenvalue weighted by Gasteiger charge is -2.37. The van der Waals surface area contributed by atoms with Gasteiger partial charge in [0.25, 0.3) is 0 Å². The van der Waals surface area contributed by atoms with Crippen molar-refractivity contribution in [2.24, 2.45) is 0 Å². The molecular formula is C23H27ClN10O. The van der Waals surface area contributed by atoms with E-state index in [1.54, 1.807) is 12.1 Å². The van der Waals surface area contributed by atoms with Gasteiger partial charge in [-0.25, -0.2) is 4.98 Å². The van der Waals surface area contributed by atoms with Crippen molar-refractivity contribution in [3.8, 4) is 12.1 Å². The van der Waals surface area contributed by atoms with Crippen LogP contribution >= 0.6 is 11.6 Å². The summed E-state index contributed by atoms with van der Waals surface area (Å²) in [6, 6.07) is 7.70. The summed E-state index contributed by atoms with van der Waals surface area (Å²) in [4.78, 5) is 13.1. The van der Waals surface area contributed by atoms with Crippen LogP contribution in [0, 0.1) is 22.7 Å². The quantitative estimate of drug-likeness (QED) is 0.427. The minimum absolute atomic E-state index is 0.212. The highest BCUT2D eigenvalue weighted by atomic mass is 35.5. The van der Waals surface area contributed by atoms with Crippen molar-refractivity contribution in [1.29, 1.82) is 10.5 Å². The molecule has 1 fully saturated rings. The largest absolute Gasteiger partial charge is 0.392 e. The molecule has 0 spiro atoms. The van der Waals surface area contributed by atoms with Gasteiger partial charge in [-0.15, -0.1) is 5.10 Å². The number of imidazole rings is 1. The number of aromatic nitrogens is 4. The molecule has 0 radical (unpaired) electrons. The van der Waals surface area contributed by atoms with Crippen molar-refractivity contribution in [3.05, 3.63) is 34.6 Å². The SMILES string of the molecule is CCNc1nc(Nc2cc(C#N)cc(N3CCN(CC(O)CC)CC3)c2Cl)nn2c(C#N)cnc12. The van der Waals surface area contributed by atoms with Crippen LogP contribution in [0.5, 0.6) is 0 Å². The lowest BCUT2D eigenvalue weighted by Crippen LogP contribution is -2.48. The van der Waals surface area contributed by atoms with Gasteiger partial charge in [0.15, 0.2) is 17.2 Å². The molecule has 12 heteroatoms. The number of hydrogen-bond acceptors (Lipinski definition) is 10. The smallest absolute Gasteiger partial charge is 0.247 e. The van der Waals surface area contributed by atoms with Crippen molar-refractivity contribution in [1.82, 2.24) is 24.5 Å². The number of benzene rings is 1. The summed E-state index contributed by atoms with van der Waals surface area (Å²) in [5, 5.41) is 40.1. The normalized spacial score (nSPS) is 15.0. The summed E-state index contributed by atoms with van der Waals surface area (Å²) >= 11 is 6.81. The summed E-state index contributed by atoms with van der Waals surface area (Å²) in [6.45, 7) is 8.18. The van der Waals surface area contributed by atoms with Crippen LogP contribution < -0.4 is 15.5 Å². The molecule has 3 heterocycles. The fraction of sp³-hybridized carbons (Fsp3) is 0.435. The van der Waals surface area contributed by atoms with Crippen LogP contribution in [0.4, 0.5) is 23.1 Å². The van der Waals surface area contributed by atoms with Crippen LogP contribution in [0.25, 0.3) is 5.65 Å². The number of β-amino-alcohol motifs (C(OH)–C–C–N with tert-alkyl or cyclic N) is 1. The number of fused-ring (bicyclic) bond motifs is 1. The van der Waals surface area contributed by atoms with Gasteiger partial charge in [0.2, 0.25) is 5.95 Å². The Balaban J connectivity index is 1.63. The fourth-order valence-electron chi connectivity index (χ4n) is 4.01. The molecule has 11 nitrogen and oxygen atoms in total. The third-order valence-corrected chi connectivity index (χ3v) is 6.30. The highest BCUT2D eigenvalue weighted by Gasteiger charge is 2.23. The number of aliphatic hydroxyl groups excluding tert-OH is 1. The van der Waals surface area contributed by atoms with Crippen LogP contribution in [0.2, 0.25) is 5.02 Å². The average molecular weight is 495 g/mol. The Morgan fingerprint density at radius 3 is 2.60 bits per heavy atom. The molecule has 1 aliphatic heterocycles. The zero-order valence-electron chi connectivity index (χ0n) is 19.7. The Bertz CT molecular complexity index is 1290. The zero-order valence-corrected chi connectivity index (χ0v) is 20.4. The Morgan fingerprint density at radius 1 is 1.17 bits per heavy atom. The zero-order chi connectivity index (χ0) is 24.9. The molecule has 182 valence electrons. The van der Waals surface area contributed by atoms with E-state index >= 15 is 0 Å². The van der Waals surface area contributed by atoms with Gasteiger partial charge >= 0.3 is 0 Å². The third kappa shape index (κ3) is 5.23. The van der Waals surface area contributed by atoms with Gasteiger partial charge in [-0.05, 0) is 25.5 Å². The van der Waals surface area contributed by atoms with Gasteiger partial charge in [-0.3, -0.25) is 4.90 Å². The number of hydrogen-bond donors (Lipinski definition) is 3. The predicted octanol–water partition coefficient (Wildman–Crippen LogP) is 2.59. The van der Waals surface area contributed by atoms with Gasteiger partial charge in [0.1, 0.15) is 6.07 Å². The number of nitriles is 2. The van der Waals surface area contributed by atoms with Crippen LogP contribution in [-0.2, 0) is 0 Å². The molecule has 0 saturated carbocycles. The molecule has 0 amide bonds. The maximum atomic E-state index is 9.96. The molecule has 1 saturated heterocycles. The fourth-order valence-corrected chi connectivity index (χ4v) is 4.29. The lowest BCUT2D eigenvalue weighted by atomic mass is 10.1. The van der Waals surface area contributed by atoms with E-state index in [1.807, 2.05) is 13.8 Å². The number of anilines is 4. The molecular weight excluding hydrogens is 468 g/mol. The molecule has 0 bridgehead atoms. The second kappa shape index (κ2) is 10.7. The highest BCUT2D eigenvalue weighted by Crippen LogP contribution is 2.36. The lowest BCUT2D eigenvalue weighted by molar-refractivity contribution is 0.106. The maximum Gasteiger partial charge on any atom is 0.247 e. The van der Waals surface area contributed by atoms with Gasteiger partial charge in [0.05, 0.1) is 40.3 Å². The van der Waals surface area contributed by atoms with E-state index in [1.165, 1.54) is 10.7 Å². The summed E-state index contributed by atoms with van der Waals surface area (Å²) in [7, 11) is 0. The first-order valence-electron chi connectivity index (χ1n) is 11.5. The van der Waals surface area contributed by atoms with E-state index in [0.717, 1.165) is 38.3 Å². The van der Waals surface area contributed by atoms with Gasteiger partial charge in [0, 0.05) is 39.3 Å². The number of piperazine rings is 1. The van der Waals surface area contributed by atoms with Gasteiger partial charge in [-0.2, -0.15) is 20.0 Å². The van der Waals surface area contributed by atoms with E-state index in [4.69, 9.17) is 11.6 Å². The van der Waals surface area contributed by atoms with Crippen LogP contribution in [-0.4, -0.2) is 75.0 Å². The molecule has 1 aromatic carbocycles. The number of nitrogens with one attached hydrogen (secondary N) is 2. The maximum absolute atomic E-state index is 9.96. The van der Waals surface area contributed by atoms with Crippen molar-refractivity contribution in [3.63, 3.8) is 0 Å².